The lowest BCUT2D eigenvalue weighted by Gasteiger charge is -2.25. The minimum atomic E-state index is -0.384. The molecule has 0 radical (unpaired) electrons. The summed E-state index contributed by atoms with van der Waals surface area (Å²) >= 11 is 0. The van der Waals surface area contributed by atoms with E-state index in [0.717, 1.165) is 11.3 Å². The van der Waals surface area contributed by atoms with Gasteiger partial charge in [0.2, 0.25) is 0 Å². The van der Waals surface area contributed by atoms with Crippen LogP contribution in [0.25, 0.3) is 0 Å². The predicted octanol–water partition coefficient (Wildman–Crippen LogP) is 3.51. The smallest absolute Gasteiger partial charge is 0.258 e. The molecule has 0 spiro atoms. The molecule has 6 heteroatoms. The highest BCUT2D eigenvalue weighted by Gasteiger charge is 2.38. The Labute approximate surface area is 150 Å². The number of carbonyl (C=O) groups is 1. The van der Waals surface area contributed by atoms with Crippen molar-refractivity contribution in [2.45, 2.75) is 19.1 Å². The zero-order chi connectivity index (χ0) is 17.9. The summed E-state index contributed by atoms with van der Waals surface area (Å²) in [6, 6.07) is 16.9. The van der Waals surface area contributed by atoms with Gasteiger partial charge in [-0.05, 0) is 42.0 Å². The highest BCUT2D eigenvalue weighted by Crippen LogP contribution is 2.34. The van der Waals surface area contributed by atoms with Crippen LogP contribution < -0.4 is 5.32 Å². The second-order valence-electron chi connectivity index (χ2n) is 6.03. The van der Waals surface area contributed by atoms with Crippen molar-refractivity contribution in [1.29, 1.82) is 5.26 Å². The largest absolute Gasteiger partial charge is 0.467 e. The Bertz CT molecular complexity index is 958. The zero-order valence-electron chi connectivity index (χ0n) is 13.9. The van der Waals surface area contributed by atoms with Crippen LogP contribution in [-0.2, 0) is 13.0 Å². The number of amides is 1. The number of aromatic nitrogens is 1. The molecular formula is C20H16N4O2. The number of fused-ring (bicyclic) bond motifs is 1. The number of pyridine rings is 1. The Morgan fingerprint density at radius 1 is 1.19 bits per heavy atom. The van der Waals surface area contributed by atoms with Gasteiger partial charge in [0.15, 0.2) is 0 Å². The normalized spacial score (nSPS) is 15.6. The van der Waals surface area contributed by atoms with Crippen LogP contribution in [0.15, 0.2) is 65.4 Å². The van der Waals surface area contributed by atoms with Crippen LogP contribution in [0, 0.1) is 11.3 Å². The SMILES string of the molecule is N#CCc1ccc(N[C@H]2c3ncccc3C(=O)N2Cc2ccco2)cc1. The molecule has 3 heterocycles. The number of hydrogen-bond donors (Lipinski definition) is 1. The van der Waals surface area contributed by atoms with Crippen molar-refractivity contribution >= 4 is 11.6 Å². The van der Waals surface area contributed by atoms with E-state index in [2.05, 4.69) is 16.4 Å². The summed E-state index contributed by atoms with van der Waals surface area (Å²) in [5.74, 6) is 0.630. The Balaban J connectivity index is 1.63. The van der Waals surface area contributed by atoms with Crippen LogP contribution >= 0.6 is 0 Å². The molecule has 0 aliphatic carbocycles. The summed E-state index contributed by atoms with van der Waals surface area (Å²) in [4.78, 5) is 19.0. The number of furan rings is 1. The quantitative estimate of drug-likeness (QED) is 0.766. The van der Waals surface area contributed by atoms with Crippen LogP contribution in [-0.4, -0.2) is 15.8 Å². The summed E-state index contributed by atoms with van der Waals surface area (Å²) in [5, 5.41) is 12.2. The minimum Gasteiger partial charge on any atom is -0.467 e. The highest BCUT2D eigenvalue weighted by atomic mass is 16.3. The minimum absolute atomic E-state index is 0.0805. The topological polar surface area (TPSA) is 82.2 Å². The van der Waals surface area contributed by atoms with Gasteiger partial charge in [0.1, 0.15) is 11.9 Å². The molecular weight excluding hydrogens is 328 g/mol. The molecule has 6 nitrogen and oxygen atoms in total. The first-order chi connectivity index (χ1) is 12.8. The maximum atomic E-state index is 12.8. The number of anilines is 1. The lowest BCUT2D eigenvalue weighted by molar-refractivity contribution is 0.0714. The fourth-order valence-corrected chi connectivity index (χ4v) is 3.08. The Hall–Kier alpha value is -3.59. The average Bonchev–Trinajstić information content (AvgIpc) is 3.27. The second kappa shape index (κ2) is 6.73. The third kappa shape index (κ3) is 2.91. The standard InChI is InChI=1S/C20H16N4O2/c21-10-9-14-5-7-15(8-6-14)23-19-18-17(4-1-11-22-18)20(25)24(19)13-16-3-2-12-26-16/h1-8,11-12,19,23H,9,13H2/t19-/m1/s1. The number of nitriles is 1. The molecule has 4 rings (SSSR count). The van der Waals surface area contributed by atoms with Gasteiger partial charge in [-0.1, -0.05) is 12.1 Å². The zero-order valence-corrected chi connectivity index (χ0v) is 13.9. The van der Waals surface area contributed by atoms with Gasteiger partial charge in [0.05, 0.1) is 36.6 Å². The maximum absolute atomic E-state index is 12.8. The number of nitrogens with one attached hydrogen (secondary N) is 1. The molecule has 128 valence electrons. The summed E-state index contributed by atoms with van der Waals surface area (Å²) in [5.41, 5.74) is 3.10. The van der Waals surface area contributed by atoms with E-state index in [9.17, 15) is 4.79 Å². The van der Waals surface area contributed by atoms with E-state index in [-0.39, 0.29) is 12.1 Å². The third-order valence-corrected chi connectivity index (χ3v) is 4.35. The van der Waals surface area contributed by atoms with Crippen molar-refractivity contribution in [2.24, 2.45) is 0 Å². The van der Waals surface area contributed by atoms with Crippen molar-refractivity contribution in [2.75, 3.05) is 5.32 Å². The molecule has 0 bridgehead atoms. The molecule has 1 amide bonds. The van der Waals surface area contributed by atoms with Gasteiger partial charge in [-0.3, -0.25) is 9.78 Å². The van der Waals surface area contributed by atoms with Gasteiger partial charge < -0.3 is 14.6 Å². The lowest BCUT2D eigenvalue weighted by Crippen LogP contribution is -2.31. The van der Waals surface area contributed by atoms with Gasteiger partial charge in [-0.2, -0.15) is 5.26 Å². The van der Waals surface area contributed by atoms with E-state index >= 15 is 0 Å². The summed E-state index contributed by atoms with van der Waals surface area (Å²) < 4.78 is 5.41. The van der Waals surface area contributed by atoms with Crippen molar-refractivity contribution in [3.8, 4) is 6.07 Å². The number of hydrogen-bond acceptors (Lipinski definition) is 5. The molecule has 26 heavy (non-hydrogen) atoms. The first kappa shape index (κ1) is 15.9. The molecule has 0 unspecified atom stereocenters. The molecule has 0 fully saturated rings. The first-order valence-electron chi connectivity index (χ1n) is 8.27. The number of nitrogens with zero attached hydrogens (tertiary/aromatic N) is 3. The van der Waals surface area contributed by atoms with E-state index in [1.54, 1.807) is 35.6 Å². The maximum Gasteiger partial charge on any atom is 0.258 e. The lowest BCUT2D eigenvalue weighted by atomic mass is 10.1. The Kier molecular flexibility index (Phi) is 4.12. The van der Waals surface area contributed by atoms with E-state index in [1.807, 2.05) is 30.3 Å². The van der Waals surface area contributed by atoms with Crippen molar-refractivity contribution in [1.82, 2.24) is 9.88 Å². The highest BCUT2D eigenvalue weighted by molar-refractivity contribution is 5.98. The van der Waals surface area contributed by atoms with E-state index in [0.29, 0.717) is 30.0 Å². The third-order valence-electron chi connectivity index (χ3n) is 4.35. The molecule has 1 aliphatic heterocycles. The summed E-state index contributed by atoms with van der Waals surface area (Å²) in [7, 11) is 0. The predicted molar refractivity (Wildman–Crippen MR) is 94.9 cm³/mol. The van der Waals surface area contributed by atoms with Gasteiger partial charge in [-0.15, -0.1) is 0 Å². The van der Waals surface area contributed by atoms with Crippen LogP contribution in [0.2, 0.25) is 0 Å². The number of benzene rings is 1. The van der Waals surface area contributed by atoms with Crippen molar-refractivity contribution in [3.63, 3.8) is 0 Å². The Morgan fingerprint density at radius 3 is 2.77 bits per heavy atom. The first-order valence-corrected chi connectivity index (χ1v) is 8.27. The molecule has 0 saturated carbocycles. The molecule has 0 saturated heterocycles. The van der Waals surface area contributed by atoms with Gasteiger partial charge in [-0.25, -0.2) is 0 Å². The molecule has 2 aromatic heterocycles. The number of carbonyl (C=O) groups excluding carboxylic acids is 1. The van der Waals surface area contributed by atoms with E-state index in [1.165, 1.54) is 0 Å². The summed E-state index contributed by atoms with van der Waals surface area (Å²) in [6.45, 7) is 0.354. The van der Waals surface area contributed by atoms with Crippen molar-refractivity contribution < 1.29 is 9.21 Å². The molecule has 1 aromatic carbocycles. The molecule has 1 N–H and O–H groups in total. The fraction of sp³-hybridized carbons (Fsp3) is 0.150. The average molecular weight is 344 g/mol. The van der Waals surface area contributed by atoms with Crippen LogP contribution in [0.1, 0.15) is 33.5 Å². The van der Waals surface area contributed by atoms with Crippen LogP contribution in [0.4, 0.5) is 5.69 Å². The molecule has 3 aromatic rings. The van der Waals surface area contributed by atoms with Gasteiger partial charge >= 0.3 is 0 Å². The molecule has 1 aliphatic rings. The number of rotatable bonds is 5. The molecule has 1 atom stereocenters. The Morgan fingerprint density at radius 2 is 2.04 bits per heavy atom. The summed E-state index contributed by atoms with van der Waals surface area (Å²) in [6.07, 6.45) is 3.27. The van der Waals surface area contributed by atoms with Gasteiger partial charge in [0, 0.05) is 11.9 Å². The fourth-order valence-electron chi connectivity index (χ4n) is 3.08. The van der Waals surface area contributed by atoms with Crippen LogP contribution in [0.3, 0.4) is 0 Å². The van der Waals surface area contributed by atoms with Gasteiger partial charge in [0.25, 0.3) is 5.91 Å². The van der Waals surface area contributed by atoms with E-state index < -0.39 is 0 Å². The second-order valence-corrected chi connectivity index (χ2v) is 6.03. The monoisotopic (exact) mass is 344 g/mol. The van der Waals surface area contributed by atoms with Crippen LogP contribution in [0.5, 0.6) is 0 Å². The van der Waals surface area contributed by atoms with Crippen molar-refractivity contribution in [3.05, 3.63) is 83.6 Å². The van der Waals surface area contributed by atoms with E-state index in [4.69, 9.17) is 9.68 Å².